The molecule has 40 heavy (non-hydrogen) atoms. The number of piperazine rings is 1. The van der Waals surface area contributed by atoms with E-state index in [4.69, 9.17) is 47.7 Å². The number of phenolic OH excluding ortho intramolecular Hbond substituents is 1. The van der Waals surface area contributed by atoms with Gasteiger partial charge in [0.1, 0.15) is 40.3 Å². The number of fused-ring (bicyclic) bond motifs is 2. The molecule has 1 aromatic heterocycles. The van der Waals surface area contributed by atoms with E-state index in [0.717, 1.165) is 34.8 Å². The molecule has 0 saturated carbocycles. The Morgan fingerprint density at radius 2 is 1.98 bits per heavy atom. The minimum absolute atomic E-state index is 0.0679. The van der Waals surface area contributed by atoms with Gasteiger partial charge < -0.3 is 24.5 Å². The van der Waals surface area contributed by atoms with Crippen LogP contribution >= 0.6 is 11.6 Å². The molecular weight excluding hydrogens is 530 g/mol. The van der Waals surface area contributed by atoms with Gasteiger partial charge in [0.15, 0.2) is 5.75 Å². The molecular formula is C26H24B4ClFN4O4. The van der Waals surface area contributed by atoms with Gasteiger partial charge in [-0.3, -0.25) is 9.59 Å². The number of carbonyl (C=O) groups excluding carboxylic acids is 2. The topological polar surface area (TPSA) is 86.2 Å². The monoisotopic (exact) mass is 554 g/mol. The van der Waals surface area contributed by atoms with Crippen LogP contribution < -0.4 is 9.64 Å². The summed E-state index contributed by atoms with van der Waals surface area (Å²) in [7, 11) is 25.8. The molecule has 0 bridgehead atoms. The highest BCUT2D eigenvalue weighted by Crippen LogP contribution is 2.49. The molecule has 1 N–H and O–H groups in total. The molecule has 4 heterocycles. The second kappa shape index (κ2) is 9.50. The highest BCUT2D eigenvalue weighted by molar-refractivity contribution is 6.45. The van der Waals surface area contributed by atoms with Gasteiger partial charge in [-0.1, -0.05) is 24.2 Å². The molecule has 14 heteroatoms. The lowest BCUT2D eigenvalue weighted by atomic mass is 9.49. The van der Waals surface area contributed by atoms with Crippen LogP contribution in [0.25, 0.3) is 11.3 Å². The number of aromatic nitrogens is 1. The molecule has 8 radical (unpaired) electrons. The molecule has 198 valence electrons. The highest BCUT2D eigenvalue weighted by Gasteiger charge is 2.55. The molecule has 0 aliphatic carbocycles. The number of carbonyl (C=O) groups is 2. The molecule has 2 saturated heterocycles. The molecule has 0 unspecified atom stereocenters. The van der Waals surface area contributed by atoms with Crippen LogP contribution in [0.1, 0.15) is 37.0 Å². The quantitative estimate of drug-likeness (QED) is 0.461. The molecule has 8 nitrogen and oxygen atoms in total. The largest absolute Gasteiger partial charge is 0.507 e. The molecule has 1 atom stereocenters. The average molecular weight is 554 g/mol. The van der Waals surface area contributed by atoms with Gasteiger partial charge in [-0.2, -0.15) is 0 Å². The number of phenols is 1. The SMILES string of the molecule is [B]C1([B])CN(C(=O)C=C)C([B])([B])[C@@H]2COc3c(Cl)c(-c4c(O)cccc4F)nc(N4CCCC4(C)C)c3C(=O)N21. The Morgan fingerprint density at radius 3 is 2.58 bits per heavy atom. The van der Waals surface area contributed by atoms with Gasteiger partial charge in [0, 0.05) is 18.6 Å². The second-order valence-electron chi connectivity index (χ2n) is 11.0. The summed E-state index contributed by atoms with van der Waals surface area (Å²) < 4.78 is 21.2. The fraction of sp³-hybridized carbons (Fsp3) is 0.423. The van der Waals surface area contributed by atoms with Gasteiger partial charge in [-0.05, 0) is 55.6 Å². The van der Waals surface area contributed by atoms with Crippen molar-refractivity contribution in [1.29, 1.82) is 0 Å². The first-order valence-corrected chi connectivity index (χ1v) is 13.1. The highest BCUT2D eigenvalue weighted by atomic mass is 35.5. The summed E-state index contributed by atoms with van der Waals surface area (Å²) in [5.74, 6) is -2.53. The van der Waals surface area contributed by atoms with Crippen molar-refractivity contribution in [2.45, 2.75) is 48.9 Å². The minimum atomic E-state index is -1.97. The summed E-state index contributed by atoms with van der Waals surface area (Å²) in [6.45, 7) is 7.17. The van der Waals surface area contributed by atoms with Crippen molar-refractivity contribution in [3.05, 3.63) is 47.3 Å². The predicted molar refractivity (Wildman–Crippen MR) is 153 cm³/mol. The van der Waals surface area contributed by atoms with Gasteiger partial charge in [0.05, 0.1) is 43.0 Å². The lowest BCUT2D eigenvalue weighted by Gasteiger charge is -2.60. The van der Waals surface area contributed by atoms with Crippen molar-refractivity contribution >= 4 is 60.6 Å². The molecule has 2 fully saturated rings. The van der Waals surface area contributed by atoms with Crippen LogP contribution in [0.4, 0.5) is 10.2 Å². The Balaban J connectivity index is 1.78. The van der Waals surface area contributed by atoms with Crippen molar-refractivity contribution in [2.24, 2.45) is 0 Å². The smallest absolute Gasteiger partial charge is 0.261 e. The molecule has 0 spiro atoms. The third-order valence-corrected chi connectivity index (χ3v) is 8.24. The Kier molecular flexibility index (Phi) is 6.76. The number of ether oxygens (including phenoxy) is 1. The van der Waals surface area contributed by atoms with Crippen LogP contribution in [-0.2, 0) is 4.79 Å². The lowest BCUT2D eigenvalue weighted by Crippen LogP contribution is -2.79. The van der Waals surface area contributed by atoms with E-state index < -0.39 is 52.2 Å². The van der Waals surface area contributed by atoms with E-state index in [1.54, 1.807) is 0 Å². The maximum atomic E-state index is 15.1. The summed E-state index contributed by atoms with van der Waals surface area (Å²) in [4.78, 5) is 35.8. The number of aromatic hydroxyl groups is 1. The van der Waals surface area contributed by atoms with Gasteiger partial charge in [-0.15, -0.1) is 0 Å². The van der Waals surface area contributed by atoms with Gasteiger partial charge in [-0.25, -0.2) is 9.37 Å². The van der Waals surface area contributed by atoms with Crippen LogP contribution in [-0.4, -0.2) is 105 Å². The van der Waals surface area contributed by atoms with Crippen molar-refractivity contribution in [3.63, 3.8) is 0 Å². The maximum Gasteiger partial charge on any atom is 0.261 e. The molecule has 2 aromatic rings. The van der Waals surface area contributed by atoms with E-state index in [-0.39, 0.29) is 40.0 Å². The van der Waals surface area contributed by atoms with E-state index in [1.165, 1.54) is 12.1 Å². The number of pyridine rings is 1. The zero-order valence-electron chi connectivity index (χ0n) is 22.2. The summed E-state index contributed by atoms with van der Waals surface area (Å²) >= 11 is 6.78. The normalized spacial score (nSPS) is 22.6. The van der Waals surface area contributed by atoms with Crippen molar-refractivity contribution < 1.29 is 23.8 Å². The average Bonchev–Trinajstić information content (AvgIpc) is 3.13. The zero-order chi connectivity index (χ0) is 29.4. The Hall–Kier alpha value is -3.07. The summed E-state index contributed by atoms with van der Waals surface area (Å²) in [5, 5.41) is 6.45. The number of nitrogens with zero attached hydrogens (tertiary/aromatic N) is 4. The van der Waals surface area contributed by atoms with E-state index in [2.05, 4.69) is 11.6 Å². The van der Waals surface area contributed by atoms with Crippen molar-refractivity contribution in [3.8, 4) is 22.8 Å². The van der Waals surface area contributed by atoms with E-state index >= 15 is 4.39 Å². The molecule has 5 rings (SSSR count). The van der Waals surface area contributed by atoms with Crippen LogP contribution in [0.5, 0.6) is 11.5 Å². The number of rotatable bonds is 3. The number of hydrogen-bond acceptors (Lipinski definition) is 6. The zero-order valence-corrected chi connectivity index (χ0v) is 22.9. The third-order valence-electron chi connectivity index (χ3n) is 7.89. The molecule has 1 aromatic carbocycles. The molecule has 3 aliphatic heterocycles. The number of hydrogen-bond donors (Lipinski definition) is 1. The van der Waals surface area contributed by atoms with E-state index in [1.807, 2.05) is 18.7 Å². The first kappa shape index (κ1) is 28.5. The van der Waals surface area contributed by atoms with E-state index in [9.17, 15) is 14.7 Å². The minimum Gasteiger partial charge on any atom is -0.507 e. The molecule has 2 amide bonds. The predicted octanol–water partition coefficient (Wildman–Crippen LogP) is 1.84. The van der Waals surface area contributed by atoms with Crippen LogP contribution in [0, 0.1) is 5.82 Å². The first-order valence-electron chi connectivity index (χ1n) is 12.7. The van der Waals surface area contributed by atoms with Crippen LogP contribution in [0.3, 0.4) is 0 Å². The first-order chi connectivity index (χ1) is 18.6. The lowest BCUT2D eigenvalue weighted by molar-refractivity contribution is -0.133. The summed E-state index contributed by atoms with van der Waals surface area (Å²) in [6, 6.07) is 2.56. The van der Waals surface area contributed by atoms with Crippen LogP contribution in [0.15, 0.2) is 30.9 Å². The second-order valence-corrected chi connectivity index (χ2v) is 11.4. The Morgan fingerprint density at radius 1 is 1.27 bits per heavy atom. The van der Waals surface area contributed by atoms with Crippen LogP contribution in [0.2, 0.25) is 5.02 Å². The van der Waals surface area contributed by atoms with E-state index in [0.29, 0.717) is 6.54 Å². The van der Waals surface area contributed by atoms with Crippen molar-refractivity contribution in [1.82, 2.24) is 14.8 Å². The van der Waals surface area contributed by atoms with Gasteiger partial charge in [0.2, 0.25) is 5.91 Å². The van der Waals surface area contributed by atoms with Crippen molar-refractivity contribution in [2.75, 3.05) is 24.6 Å². The standard InChI is InChI=1S/C26H24B4ClFN4O4/c1-4-16(38)35-12-25(27,28)36-15(26(35,29)30)11-40-21-18(23(36)39)22(34-10-6-9-24(34,2)3)33-20(19(21)31)17-13(32)7-5-8-14(17)37/h4-5,7-8,15,37H,1,6,9-12H2,2-3H3/t15-/m0/s1. The maximum absolute atomic E-state index is 15.1. The number of benzene rings is 1. The number of halogens is 2. The Bertz CT molecular complexity index is 1420. The third kappa shape index (κ3) is 4.19. The van der Waals surface area contributed by atoms with Gasteiger partial charge in [0.25, 0.3) is 5.91 Å². The number of amides is 2. The molecule has 3 aliphatic rings. The fourth-order valence-corrected chi connectivity index (χ4v) is 6.10. The summed E-state index contributed by atoms with van der Waals surface area (Å²) in [5.41, 5.74) is -0.906. The van der Waals surface area contributed by atoms with Gasteiger partial charge >= 0.3 is 0 Å². The Labute approximate surface area is 242 Å². The summed E-state index contributed by atoms with van der Waals surface area (Å²) in [6.07, 6.45) is 2.58. The number of anilines is 1. The fourth-order valence-electron chi connectivity index (χ4n) is 5.81.